The van der Waals surface area contributed by atoms with Crippen molar-refractivity contribution >= 4 is 5.95 Å². The summed E-state index contributed by atoms with van der Waals surface area (Å²) in [6.07, 6.45) is 3.62. The molecular weight excluding hydrogens is 276 g/mol. The van der Waals surface area contributed by atoms with Crippen molar-refractivity contribution < 1.29 is 4.74 Å². The Kier molecular flexibility index (Phi) is 4.98. The van der Waals surface area contributed by atoms with Gasteiger partial charge in [-0.2, -0.15) is 0 Å². The molecule has 1 aliphatic heterocycles. The van der Waals surface area contributed by atoms with Crippen molar-refractivity contribution in [3.8, 4) is 0 Å². The lowest BCUT2D eigenvalue weighted by Gasteiger charge is -2.36. The molecule has 5 nitrogen and oxygen atoms in total. The van der Waals surface area contributed by atoms with Gasteiger partial charge in [-0.1, -0.05) is 30.3 Å². The Balaban J connectivity index is 1.56. The van der Waals surface area contributed by atoms with Crippen LogP contribution in [0.25, 0.3) is 0 Å². The molecule has 2 aromatic rings. The molecular formula is C17H22N4O. The van der Waals surface area contributed by atoms with Gasteiger partial charge in [0, 0.05) is 32.0 Å². The number of nitrogens with one attached hydrogen (secondary N) is 1. The number of anilines is 1. The zero-order chi connectivity index (χ0) is 15.2. The molecule has 0 saturated carbocycles. The van der Waals surface area contributed by atoms with Gasteiger partial charge < -0.3 is 10.1 Å². The highest BCUT2D eigenvalue weighted by Gasteiger charge is 2.25. The number of hydrogen-bond donors (Lipinski definition) is 1. The van der Waals surface area contributed by atoms with E-state index in [1.807, 2.05) is 6.07 Å². The third kappa shape index (κ3) is 4.02. The van der Waals surface area contributed by atoms with Crippen LogP contribution in [-0.2, 0) is 11.3 Å². The van der Waals surface area contributed by atoms with Gasteiger partial charge in [0.05, 0.1) is 18.8 Å². The fraction of sp³-hybridized carbons (Fsp3) is 0.412. The van der Waals surface area contributed by atoms with E-state index >= 15 is 0 Å². The van der Waals surface area contributed by atoms with Crippen molar-refractivity contribution in [2.45, 2.75) is 25.6 Å². The van der Waals surface area contributed by atoms with Crippen LogP contribution in [0, 0.1) is 0 Å². The highest BCUT2D eigenvalue weighted by Crippen LogP contribution is 2.14. The fourth-order valence-corrected chi connectivity index (χ4v) is 2.69. The maximum absolute atomic E-state index is 5.92. The van der Waals surface area contributed by atoms with Gasteiger partial charge in [0.2, 0.25) is 5.95 Å². The minimum Gasteiger partial charge on any atom is -0.373 e. The van der Waals surface area contributed by atoms with E-state index in [-0.39, 0.29) is 12.1 Å². The first-order valence-electron chi connectivity index (χ1n) is 7.73. The number of ether oxygens (including phenoxy) is 1. The second-order valence-corrected chi connectivity index (χ2v) is 5.64. The molecule has 0 unspecified atom stereocenters. The normalized spacial score (nSPS) is 20.5. The van der Waals surface area contributed by atoms with E-state index in [0.717, 1.165) is 26.2 Å². The summed E-state index contributed by atoms with van der Waals surface area (Å²) in [5.41, 5.74) is 1.34. The molecule has 1 fully saturated rings. The molecule has 0 spiro atoms. The van der Waals surface area contributed by atoms with Crippen LogP contribution in [0.2, 0.25) is 0 Å². The maximum atomic E-state index is 5.92. The van der Waals surface area contributed by atoms with Crippen molar-refractivity contribution in [3.05, 3.63) is 54.4 Å². The first kappa shape index (κ1) is 14.9. The summed E-state index contributed by atoms with van der Waals surface area (Å²) >= 11 is 0. The van der Waals surface area contributed by atoms with Gasteiger partial charge in [-0.05, 0) is 18.6 Å². The summed E-state index contributed by atoms with van der Waals surface area (Å²) in [6.45, 7) is 5.73. The number of morpholine rings is 1. The van der Waals surface area contributed by atoms with Crippen LogP contribution in [-0.4, -0.2) is 46.7 Å². The number of benzene rings is 1. The SMILES string of the molecule is C[C@@H](Nc1ncccn1)[C@@H]1CN(Cc2ccccc2)CCO1. The molecule has 116 valence electrons. The molecule has 0 aliphatic carbocycles. The number of rotatable bonds is 5. The predicted molar refractivity (Wildman–Crippen MR) is 86.6 cm³/mol. The lowest BCUT2D eigenvalue weighted by atomic mass is 10.1. The Bertz CT molecular complexity index is 524. The highest BCUT2D eigenvalue weighted by molar-refractivity contribution is 5.24. The van der Waals surface area contributed by atoms with Crippen molar-refractivity contribution in [2.75, 3.05) is 25.0 Å². The summed E-state index contributed by atoms with van der Waals surface area (Å²) in [7, 11) is 0. The third-order valence-corrected chi connectivity index (χ3v) is 3.91. The summed E-state index contributed by atoms with van der Waals surface area (Å²) in [5, 5.41) is 3.32. The van der Waals surface area contributed by atoms with E-state index in [1.54, 1.807) is 12.4 Å². The lowest BCUT2D eigenvalue weighted by molar-refractivity contribution is -0.0374. The first-order valence-corrected chi connectivity index (χ1v) is 7.73. The smallest absolute Gasteiger partial charge is 0.222 e. The molecule has 5 heteroatoms. The molecule has 22 heavy (non-hydrogen) atoms. The van der Waals surface area contributed by atoms with Gasteiger partial charge >= 0.3 is 0 Å². The average Bonchev–Trinajstić information content (AvgIpc) is 2.57. The topological polar surface area (TPSA) is 50.3 Å². The molecule has 1 aliphatic rings. The Hall–Kier alpha value is -1.98. The number of hydrogen-bond acceptors (Lipinski definition) is 5. The molecule has 2 atom stereocenters. The molecule has 0 radical (unpaired) electrons. The minimum atomic E-state index is 0.140. The largest absolute Gasteiger partial charge is 0.373 e. The summed E-state index contributed by atoms with van der Waals surface area (Å²) in [6, 6.07) is 12.6. The second-order valence-electron chi connectivity index (χ2n) is 5.64. The van der Waals surface area contributed by atoms with Crippen LogP contribution >= 0.6 is 0 Å². The van der Waals surface area contributed by atoms with Crippen molar-refractivity contribution in [2.24, 2.45) is 0 Å². The van der Waals surface area contributed by atoms with Gasteiger partial charge in [-0.15, -0.1) is 0 Å². The summed E-state index contributed by atoms with van der Waals surface area (Å²) in [4.78, 5) is 10.9. The second kappa shape index (κ2) is 7.33. The van der Waals surface area contributed by atoms with Crippen molar-refractivity contribution in [1.29, 1.82) is 0 Å². The van der Waals surface area contributed by atoms with Gasteiger partial charge in [0.25, 0.3) is 0 Å². The van der Waals surface area contributed by atoms with Gasteiger partial charge in [-0.25, -0.2) is 9.97 Å². The first-order chi connectivity index (χ1) is 10.8. The zero-order valence-electron chi connectivity index (χ0n) is 12.9. The van der Waals surface area contributed by atoms with Crippen LogP contribution in [0.5, 0.6) is 0 Å². The van der Waals surface area contributed by atoms with Crippen LogP contribution in [0.15, 0.2) is 48.8 Å². The van der Waals surface area contributed by atoms with E-state index in [1.165, 1.54) is 5.56 Å². The Morgan fingerprint density at radius 1 is 1.23 bits per heavy atom. The van der Waals surface area contributed by atoms with Crippen molar-refractivity contribution in [3.63, 3.8) is 0 Å². The Morgan fingerprint density at radius 3 is 2.77 bits per heavy atom. The number of nitrogens with zero attached hydrogens (tertiary/aromatic N) is 3. The average molecular weight is 298 g/mol. The maximum Gasteiger partial charge on any atom is 0.222 e. The van der Waals surface area contributed by atoms with Crippen molar-refractivity contribution in [1.82, 2.24) is 14.9 Å². The molecule has 1 aromatic carbocycles. The molecule has 1 saturated heterocycles. The van der Waals surface area contributed by atoms with Crippen LogP contribution in [0.1, 0.15) is 12.5 Å². The Labute approximate surface area is 131 Å². The fourth-order valence-electron chi connectivity index (χ4n) is 2.69. The standard InChI is InChI=1S/C17H22N4O/c1-14(20-17-18-8-5-9-19-17)16-13-21(10-11-22-16)12-15-6-3-2-4-7-15/h2-9,14,16H,10-13H2,1H3,(H,18,19,20)/t14-,16+/m1/s1. The van der Waals surface area contributed by atoms with E-state index in [2.05, 4.69) is 57.4 Å². The van der Waals surface area contributed by atoms with E-state index < -0.39 is 0 Å². The summed E-state index contributed by atoms with van der Waals surface area (Å²) < 4.78 is 5.92. The highest BCUT2D eigenvalue weighted by atomic mass is 16.5. The third-order valence-electron chi connectivity index (χ3n) is 3.91. The zero-order valence-corrected chi connectivity index (χ0v) is 12.9. The van der Waals surface area contributed by atoms with Gasteiger partial charge in [0.15, 0.2) is 0 Å². The van der Waals surface area contributed by atoms with Gasteiger partial charge in [-0.3, -0.25) is 4.90 Å². The Morgan fingerprint density at radius 2 is 2.00 bits per heavy atom. The molecule has 0 amide bonds. The number of aromatic nitrogens is 2. The van der Waals surface area contributed by atoms with Gasteiger partial charge in [0.1, 0.15) is 0 Å². The summed E-state index contributed by atoms with van der Waals surface area (Å²) in [5.74, 6) is 0.652. The molecule has 0 bridgehead atoms. The molecule has 2 heterocycles. The predicted octanol–water partition coefficient (Wildman–Crippen LogP) is 2.18. The van der Waals surface area contributed by atoms with E-state index in [0.29, 0.717) is 5.95 Å². The van der Waals surface area contributed by atoms with E-state index in [4.69, 9.17) is 4.74 Å². The minimum absolute atomic E-state index is 0.140. The van der Waals surface area contributed by atoms with Crippen LogP contribution < -0.4 is 5.32 Å². The molecule has 1 N–H and O–H groups in total. The van der Waals surface area contributed by atoms with E-state index in [9.17, 15) is 0 Å². The monoisotopic (exact) mass is 298 g/mol. The quantitative estimate of drug-likeness (QED) is 0.917. The van der Waals surface area contributed by atoms with Crippen LogP contribution in [0.4, 0.5) is 5.95 Å². The molecule has 1 aromatic heterocycles. The van der Waals surface area contributed by atoms with Crippen LogP contribution in [0.3, 0.4) is 0 Å². The molecule has 3 rings (SSSR count). The lowest BCUT2D eigenvalue weighted by Crippen LogP contribution is -2.48.